The Bertz CT molecular complexity index is 399. The Morgan fingerprint density at radius 2 is 2.13 bits per heavy atom. The van der Waals surface area contributed by atoms with Gasteiger partial charge in [0.25, 0.3) is 0 Å². The van der Waals surface area contributed by atoms with Gasteiger partial charge in [-0.15, -0.1) is 0 Å². The molecule has 0 aromatic heterocycles. The number of benzene rings is 1. The lowest BCUT2D eigenvalue weighted by molar-refractivity contribution is 0.101. The van der Waals surface area contributed by atoms with E-state index in [1.807, 2.05) is 11.9 Å². The highest BCUT2D eigenvalue weighted by Gasteiger charge is 2.29. The Labute approximate surface area is 88.7 Å². The van der Waals surface area contributed by atoms with E-state index in [1.54, 1.807) is 12.1 Å². The van der Waals surface area contributed by atoms with Crippen molar-refractivity contribution in [3.63, 3.8) is 0 Å². The van der Waals surface area contributed by atoms with E-state index >= 15 is 0 Å². The standard InChI is InChI=1S/C12H14FNO/c1-8(15)10-4-3-5-11(13)12(10)14(2)9-6-7-9/h3-5,9H,6-7H2,1-2H3. The smallest absolute Gasteiger partial charge is 0.161 e. The van der Waals surface area contributed by atoms with Crippen molar-refractivity contribution in [3.05, 3.63) is 29.6 Å². The molecule has 0 heterocycles. The zero-order valence-electron chi connectivity index (χ0n) is 8.96. The topological polar surface area (TPSA) is 20.3 Å². The number of hydrogen-bond acceptors (Lipinski definition) is 2. The monoisotopic (exact) mass is 207 g/mol. The number of hydrogen-bond donors (Lipinski definition) is 0. The van der Waals surface area contributed by atoms with Crippen molar-refractivity contribution in [1.82, 2.24) is 0 Å². The summed E-state index contributed by atoms with van der Waals surface area (Å²) in [6, 6.07) is 5.07. The van der Waals surface area contributed by atoms with Crippen molar-refractivity contribution >= 4 is 11.5 Å². The van der Waals surface area contributed by atoms with Gasteiger partial charge in [0.2, 0.25) is 0 Å². The molecule has 0 radical (unpaired) electrons. The lowest BCUT2D eigenvalue weighted by atomic mass is 10.1. The maximum atomic E-state index is 13.7. The van der Waals surface area contributed by atoms with Crippen molar-refractivity contribution in [2.24, 2.45) is 0 Å². The number of Topliss-reactive ketones (excluding diaryl/α,β-unsaturated/α-hetero) is 1. The van der Waals surface area contributed by atoms with E-state index in [-0.39, 0.29) is 11.6 Å². The average Bonchev–Trinajstić information content (AvgIpc) is 2.99. The molecule has 0 N–H and O–H groups in total. The van der Waals surface area contributed by atoms with E-state index in [9.17, 15) is 9.18 Å². The molecule has 1 saturated carbocycles. The summed E-state index contributed by atoms with van der Waals surface area (Å²) >= 11 is 0. The predicted octanol–water partition coefficient (Wildman–Crippen LogP) is 2.63. The highest BCUT2D eigenvalue weighted by Crippen LogP contribution is 2.33. The first kappa shape index (κ1) is 10.1. The molecule has 15 heavy (non-hydrogen) atoms. The van der Waals surface area contributed by atoms with Crippen molar-refractivity contribution in [1.29, 1.82) is 0 Å². The molecule has 1 fully saturated rings. The first-order chi connectivity index (χ1) is 7.11. The number of para-hydroxylation sites is 1. The number of ketones is 1. The normalized spacial score (nSPS) is 15.1. The zero-order chi connectivity index (χ0) is 11.0. The number of carbonyl (C=O) groups excluding carboxylic acids is 1. The molecule has 1 aromatic rings. The molecule has 3 heteroatoms. The number of halogens is 1. The molecule has 0 unspecified atom stereocenters. The molecule has 0 atom stereocenters. The summed E-state index contributed by atoms with van der Waals surface area (Å²) in [5.74, 6) is -0.394. The van der Waals surface area contributed by atoms with Gasteiger partial charge in [0, 0.05) is 18.7 Å². The van der Waals surface area contributed by atoms with Crippen LogP contribution in [-0.4, -0.2) is 18.9 Å². The van der Waals surface area contributed by atoms with E-state index in [1.165, 1.54) is 13.0 Å². The lowest BCUT2D eigenvalue weighted by Gasteiger charge is -2.21. The van der Waals surface area contributed by atoms with Crippen LogP contribution in [0.15, 0.2) is 18.2 Å². The third-order valence-corrected chi connectivity index (χ3v) is 2.81. The summed E-state index contributed by atoms with van der Waals surface area (Å²) < 4.78 is 13.7. The summed E-state index contributed by atoms with van der Waals surface area (Å²) in [6.45, 7) is 1.47. The Hall–Kier alpha value is -1.38. The third-order valence-electron chi connectivity index (χ3n) is 2.81. The summed E-state index contributed by atoms with van der Waals surface area (Å²) in [4.78, 5) is 13.3. The SMILES string of the molecule is CC(=O)c1cccc(F)c1N(C)C1CC1. The molecule has 1 aromatic carbocycles. The van der Waals surface area contributed by atoms with E-state index < -0.39 is 0 Å². The van der Waals surface area contributed by atoms with Crippen LogP contribution in [0.2, 0.25) is 0 Å². The van der Waals surface area contributed by atoms with Crippen LogP contribution in [0.1, 0.15) is 30.1 Å². The Balaban J connectivity index is 2.46. The van der Waals surface area contributed by atoms with Gasteiger partial charge in [0.15, 0.2) is 5.78 Å². The molecular formula is C12H14FNO. The number of carbonyl (C=O) groups is 1. The van der Waals surface area contributed by atoms with E-state index in [0.29, 0.717) is 17.3 Å². The molecule has 0 bridgehead atoms. The molecular weight excluding hydrogens is 193 g/mol. The van der Waals surface area contributed by atoms with E-state index in [4.69, 9.17) is 0 Å². The van der Waals surface area contributed by atoms with Crippen LogP contribution >= 0.6 is 0 Å². The third kappa shape index (κ3) is 1.87. The second-order valence-electron chi connectivity index (χ2n) is 4.03. The van der Waals surface area contributed by atoms with Crippen LogP contribution in [0.25, 0.3) is 0 Å². The second-order valence-corrected chi connectivity index (χ2v) is 4.03. The zero-order valence-corrected chi connectivity index (χ0v) is 8.96. The van der Waals surface area contributed by atoms with Crippen molar-refractivity contribution < 1.29 is 9.18 Å². The summed E-state index contributed by atoms with van der Waals surface area (Å²) in [6.07, 6.45) is 2.17. The summed E-state index contributed by atoms with van der Waals surface area (Å²) in [7, 11) is 1.85. The van der Waals surface area contributed by atoms with Crippen LogP contribution in [0.5, 0.6) is 0 Å². The second kappa shape index (κ2) is 3.65. The first-order valence-corrected chi connectivity index (χ1v) is 5.13. The molecule has 2 nitrogen and oxygen atoms in total. The fraction of sp³-hybridized carbons (Fsp3) is 0.417. The van der Waals surface area contributed by atoms with E-state index in [0.717, 1.165) is 12.8 Å². The minimum atomic E-state index is -0.308. The van der Waals surface area contributed by atoms with Gasteiger partial charge < -0.3 is 4.90 Å². The summed E-state index contributed by atoms with van der Waals surface area (Å²) in [5, 5.41) is 0. The highest BCUT2D eigenvalue weighted by molar-refractivity contribution is 5.99. The average molecular weight is 207 g/mol. The van der Waals surface area contributed by atoms with Crippen LogP contribution in [-0.2, 0) is 0 Å². The minimum Gasteiger partial charge on any atom is -0.369 e. The van der Waals surface area contributed by atoms with Gasteiger partial charge in [-0.3, -0.25) is 4.79 Å². The van der Waals surface area contributed by atoms with Crippen LogP contribution in [0, 0.1) is 5.82 Å². The predicted molar refractivity (Wildman–Crippen MR) is 57.8 cm³/mol. The van der Waals surface area contributed by atoms with Crippen molar-refractivity contribution in [2.45, 2.75) is 25.8 Å². The molecule has 0 amide bonds. The molecule has 80 valence electrons. The Morgan fingerprint density at radius 1 is 1.47 bits per heavy atom. The minimum absolute atomic E-state index is 0.0861. The first-order valence-electron chi connectivity index (χ1n) is 5.13. The molecule has 0 saturated heterocycles. The van der Waals surface area contributed by atoms with Crippen LogP contribution < -0.4 is 4.90 Å². The Kier molecular flexibility index (Phi) is 2.47. The van der Waals surface area contributed by atoms with Gasteiger partial charge in [-0.25, -0.2) is 4.39 Å². The lowest BCUT2D eigenvalue weighted by Crippen LogP contribution is -2.23. The number of anilines is 1. The molecule has 2 rings (SSSR count). The molecule has 0 aliphatic heterocycles. The fourth-order valence-corrected chi connectivity index (χ4v) is 1.80. The van der Waals surface area contributed by atoms with Crippen LogP contribution in [0.3, 0.4) is 0 Å². The van der Waals surface area contributed by atoms with Gasteiger partial charge >= 0.3 is 0 Å². The quantitative estimate of drug-likeness (QED) is 0.710. The summed E-state index contributed by atoms with van der Waals surface area (Å²) in [5.41, 5.74) is 0.928. The van der Waals surface area contributed by atoms with Crippen molar-refractivity contribution in [3.8, 4) is 0 Å². The largest absolute Gasteiger partial charge is 0.369 e. The Morgan fingerprint density at radius 3 is 2.67 bits per heavy atom. The van der Waals surface area contributed by atoms with Gasteiger partial charge in [-0.1, -0.05) is 6.07 Å². The molecule has 0 spiro atoms. The van der Waals surface area contributed by atoms with Gasteiger partial charge in [-0.05, 0) is 31.9 Å². The number of nitrogens with zero attached hydrogens (tertiary/aromatic N) is 1. The van der Waals surface area contributed by atoms with Gasteiger partial charge in [0.1, 0.15) is 5.82 Å². The van der Waals surface area contributed by atoms with Gasteiger partial charge in [-0.2, -0.15) is 0 Å². The fourth-order valence-electron chi connectivity index (χ4n) is 1.80. The van der Waals surface area contributed by atoms with Crippen LogP contribution in [0.4, 0.5) is 10.1 Å². The maximum Gasteiger partial charge on any atom is 0.161 e. The molecule has 1 aliphatic rings. The maximum absolute atomic E-state index is 13.7. The van der Waals surface area contributed by atoms with Gasteiger partial charge in [0.05, 0.1) is 5.69 Å². The van der Waals surface area contributed by atoms with Crippen molar-refractivity contribution in [2.75, 3.05) is 11.9 Å². The molecule has 1 aliphatic carbocycles. The number of rotatable bonds is 3. The van der Waals surface area contributed by atoms with E-state index in [2.05, 4.69) is 0 Å². The highest BCUT2D eigenvalue weighted by atomic mass is 19.1.